The predicted octanol–water partition coefficient (Wildman–Crippen LogP) is 3.41. The second-order valence-corrected chi connectivity index (χ2v) is 6.46. The van der Waals surface area contributed by atoms with Gasteiger partial charge in [-0.2, -0.15) is 0 Å². The number of thioether (sulfide) groups is 1. The number of amides is 1. The van der Waals surface area contributed by atoms with E-state index < -0.39 is 0 Å². The number of nitrogens with zero attached hydrogens (tertiary/aromatic N) is 2. The largest absolute Gasteiger partial charge is 0.344 e. The molecule has 1 aliphatic rings. The molecule has 2 heterocycles. The van der Waals surface area contributed by atoms with Crippen molar-refractivity contribution in [2.75, 3.05) is 5.75 Å². The van der Waals surface area contributed by atoms with Gasteiger partial charge in [-0.25, -0.2) is 4.98 Å². The van der Waals surface area contributed by atoms with Gasteiger partial charge in [0.15, 0.2) is 0 Å². The summed E-state index contributed by atoms with van der Waals surface area (Å²) in [6.07, 6.45) is 3.97. The molecule has 3 rings (SSSR count). The van der Waals surface area contributed by atoms with Crippen molar-refractivity contribution < 1.29 is 4.79 Å². The average Bonchev–Trinajstić information content (AvgIpc) is 2.48. The van der Waals surface area contributed by atoms with Crippen LogP contribution in [-0.4, -0.2) is 21.6 Å². The van der Waals surface area contributed by atoms with Crippen LogP contribution in [0.4, 0.5) is 0 Å². The fraction of sp³-hybridized carbons (Fsp3) is 0.267. The molecule has 21 heavy (non-hydrogen) atoms. The maximum Gasteiger partial charge on any atom is 0.271 e. The summed E-state index contributed by atoms with van der Waals surface area (Å²) in [5, 5.41) is 3.71. The molecular formula is C15H14ClN3OS. The lowest BCUT2D eigenvalue weighted by Gasteiger charge is -2.26. The molecule has 6 heteroatoms. The standard InChI is InChI=1S/C15H14ClN3OS/c1-9-7-18-13(8-17-9)15(20)19-12-4-5-21-14-3-2-10(16)6-11(12)14/h2-3,6-8,12H,4-5H2,1H3,(H,19,20)/t12-/m1/s1. The molecule has 0 unspecified atom stereocenters. The highest BCUT2D eigenvalue weighted by Crippen LogP contribution is 2.37. The summed E-state index contributed by atoms with van der Waals surface area (Å²) >= 11 is 7.86. The van der Waals surface area contributed by atoms with Gasteiger partial charge in [-0.1, -0.05) is 11.6 Å². The highest BCUT2D eigenvalue weighted by atomic mass is 35.5. The van der Waals surface area contributed by atoms with E-state index >= 15 is 0 Å². The highest BCUT2D eigenvalue weighted by Gasteiger charge is 2.23. The quantitative estimate of drug-likeness (QED) is 0.921. The van der Waals surface area contributed by atoms with Crippen LogP contribution < -0.4 is 5.32 Å². The van der Waals surface area contributed by atoms with Crippen LogP contribution in [0.2, 0.25) is 5.02 Å². The number of halogens is 1. The van der Waals surface area contributed by atoms with E-state index in [1.165, 1.54) is 11.1 Å². The van der Waals surface area contributed by atoms with Crippen LogP contribution >= 0.6 is 23.4 Å². The molecule has 1 aromatic heterocycles. The Morgan fingerprint density at radius 1 is 1.38 bits per heavy atom. The van der Waals surface area contributed by atoms with Crippen molar-refractivity contribution >= 4 is 29.3 Å². The summed E-state index contributed by atoms with van der Waals surface area (Å²) < 4.78 is 0. The summed E-state index contributed by atoms with van der Waals surface area (Å²) in [7, 11) is 0. The first-order valence-electron chi connectivity index (χ1n) is 6.65. The monoisotopic (exact) mass is 319 g/mol. The summed E-state index contributed by atoms with van der Waals surface area (Å²) in [4.78, 5) is 21.7. The zero-order valence-electron chi connectivity index (χ0n) is 11.5. The van der Waals surface area contributed by atoms with Crippen LogP contribution in [0.3, 0.4) is 0 Å². The number of benzene rings is 1. The van der Waals surface area contributed by atoms with Gasteiger partial charge in [0.1, 0.15) is 5.69 Å². The van der Waals surface area contributed by atoms with Gasteiger partial charge in [0.2, 0.25) is 0 Å². The first-order chi connectivity index (χ1) is 10.1. The molecule has 0 saturated carbocycles. The molecule has 1 aliphatic heterocycles. The van der Waals surface area contributed by atoms with Crippen molar-refractivity contribution in [2.45, 2.75) is 24.3 Å². The van der Waals surface area contributed by atoms with Gasteiger partial charge in [0, 0.05) is 21.9 Å². The van der Waals surface area contributed by atoms with E-state index in [1.54, 1.807) is 18.0 Å². The lowest BCUT2D eigenvalue weighted by molar-refractivity contribution is 0.0929. The van der Waals surface area contributed by atoms with E-state index in [-0.39, 0.29) is 11.9 Å². The Labute approximate surface area is 132 Å². The summed E-state index contributed by atoms with van der Waals surface area (Å²) in [6, 6.07) is 5.78. The van der Waals surface area contributed by atoms with Crippen LogP contribution in [-0.2, 0) is 0 Å². The lowest BCUT2D eigenvalue weighted by Crippen LogP contribution is -2.31. The number of aryl methyl sites for hydroxylation is 1. The SMILES string of the molecule is Cc1cnc(C(=O)N[C@@H]2CCSc3ccc(Cl)cc32)cn1. The van der Waals surface area contributed by atoms with E-state index in [1.807, 2.05) is 25.1 Å². The fourth-order valence-electron chi connectivity index (χ4n) is 2.26. The maximum atomic E-state index is 12.3. The third kappa shape index (κ3) is 3.19. The van der Waals surface area contributed by atoms with Crippen LogP contribution in [0.5, 0.6) is 0 Å². The van der Waals surface area contributed by atoms with Crippen LogP contribution in [0.25, 0.3) is 0 Å². The third-order valence-corrected chi connectivity index (χ3v) is 4.69. The summed E-state index contributed by atoms with van der Waals surface area (Å²) in [6.45, 7) is 1.84. The van der Waals surface area contributed by atoms with Crippen molar-refractivity contribution in [3.63, 3.8) is 0 Å². The van der Waals surface area contributed by atoms with Gasteiger partial charge in [0.25, 0.3) is 5.91 Å². The third-order valence-electron chi connectivity index (χ3n) is 3.33. The number of rotatable bonds is 2. The van der Waals surface area contributed by atoms with Gasteiger partial charge < -0.3 is 5.32 Å². The minimum absolute atomic E-state index is 0.0319. The topological polar surface area (TPSA) is 54.9 Å². The van der Waals surface area contributed by atoms with E-state index in [0.29, 0.717) is 10.7 Å². The molecule has 108 valence electrons. The number of fused-ring (bicyclic) bond motifs is 1. The molecule has 0 radical (unpaired) electrons. The molecule has 0 bridgehead atoms. The van der Waals surface area contributed by atoms with Crippen LogP contribution in [0.15, 0.2) is 35.5 Å². The van der Waals surface area contributed by atoms with Crippen molar-refractivity contribution in [3.05, 3.63) is 52.6 Å². The van der Waals surface area contributed by atoms with E-state index in [4.69, 9.17) is 11.6 Å². The molecule has 0 fully saturated rings. The normalized spacial score (nSPS) is 17.1. The van der Waals surface area contributed by atoms with Gasteiger partial charge in [-0.3, -0.25) is 9.78 Å². The molecule has 1 amide bonds. The Balaban J connectivity index is 1.81. The second kappa shape index (κ2) is 6.03. The molecule has 1 N–H and O–H groups in total. The molecule has 0 saturated heterocycles. The molecule has 4 nitrogen and oxygen atoms in total. The van der Waals surface area contributed by atoms with E-state index in [0.717, 1.165) is 23.4 Å². The number of carbonyl (C=O) groups excluding carboxylic acids is 1. The Kier molecular flexibility index (Phi) is 4.12. The Morgan fingerprint density at radius 3 is 3.00 bits per heavy atom. The number of aromatic nitrogens is 2. The van der Waals surface area contributed by atoms with Gasteiger partial charge in [0.05, 0.1) is 17.9 Å². The number of hydrogen-bond acceptors (Lipinski definition) is 4. The molecular weight excluding hydrogens is 306 g/mol. The summed E-state index contributed by atoms with van der Waals surface area (Å²) in [5.74, 6) is 0.768. The van der Waals surface area contributed by atoms with Crippen molar-refractivity contribution in [1.82, 2.24) is 15.3 Å². The first kappa shape index (κ1) is 14.4. The van der Waals surface area contributed by atoms with Crippen LogP contribution in [0, 0.1) is 6.92 Å². The number of nitrogens with one attached hydrogen (secondary N) is 1. The van der Waals surface area contributed by atoms with E-state index in [2.05, 4.69) is 15.3 Å². The Morgan fingerprint density at radius 2 is 2.24 bits per heavy atom. The minimum Gasteiger partial charge on any atom is -0.344 e. The van der Waals surface area contributed by atoms with Gasteiger partial charge in [-0.05, 0) is 37.1 Å². The van der Waals surface area contributed by atoms with Gasteiger partial charge in [-0.15, -0.1) is 11.8 Å². The fourth-order valence-corrected chi connectivity index (χ4v) is 3.54. The van der Waals surface area contributed by atoms with Crippen molar-refractivity contribution in [1.29, 1.82) is 0 Å². The molecule has 0 spiro atoms. The van der Waals surface area contributed by atoms with Crippen molar-refractivity contribution in [3.8, 4) is 0 Å². The van der Waals surface area contributed by atoms with Crippen molar-refractivity contribution in [2.24, 2.45) is 0 Å². The molecule has 0 aliphatic carbocycles. The second-order valence-electron chi connectivity index (χ2n) is 4.89. The zero-order chi connectivity index (χ0) is 14.8. The van der Waals surface area contributed by atoms with Crippen LogP contribution in [0.1, 0.15) is 34.2 Å². The Bertz CT molecular complexity index is 675. The Hall–Kier alpha value is -1.59. The lowest BCUT2D eigenvalue weighted by atomic mass is 10.0. The molecule has 2 aromatic rings. The smallest absolute Gasteiger partial charge is 0.271 e. The van der Waals surface area contributed by atoms with Gasteiger partial charge >= 0.3 is 0 Å². The first-order valence-corrected chi connectivity index (χ1v) is 8.01. The summed E-state index contributed by atoms with van der Waals surface area (Å²) in [5.41, 5.74) is 2.20. The number of carbonyl (C=O) groups is 1. The average molecular weight is 320 g/mol. The maximum absolute atomic E-state index is 12.3. The molecule has 1 atom stereocenters. The van der Waals surface area contributed by atoms with E-state index in [9.17, 15) is 4.79 Å². The number of hydrogen-bond donors (Lipinski definition) is 1. The zero-order valence-corrected chi connectivity index (χ0v) is 13.0. The minimum atomic E-state index is -0.203. The predicted molar refractivity (Wildman–Crippen MR) is 83.8 cm³/mol. The molecule has 1 aromatic carbocycles. The highest BCUT2D eigenvalue weighted by molar-refractivity contribution is 7.99.